The molecular formula is C14H23N3O4. The summed E-state index contributed by atoms with van der Waals surface area (Å²) in [6, 6.07) is 0.389. The minimum atomic E-state index is -0.861. The van der Waals surface area contributed by atoms with Crippen LogP contribution in [0.4, 0.5) is 4.79 Å². The molecule has 0 bridgehead atoms. The molecule has 1 heterocycles. The highest BCUT2D eigenvalue weighted by atomic mass is 16.4. The number of carboxylic acids is 1. The first-order valence-corrected chi connectivity index (χ1v) is 7.61. The van der Waals surface area contributed by atoms with E-state index >= 15 is 0 Å². The Morgan fingerprint density at radius 2 is 1.62 bits per heavy atom. The lowest BCUT2D eigenvalue weighted by Crippen LogP contribution is -2.53. The molecule has 1 aliphatic heterocycles. The number of aliphatic carboxylic acids is 1. The molecule has 1 saturated carbocycles. The van der Waals surface area contributed by atoms with Crippen molar-refractivity contribution in [2.24, 2.45) is 0 Å². The average Bonchev–Trinajstić information content (AvgIpc) is 3.28. The van der Waals surface area contributed by atoms with Crippen LogP contribution in [0.15, 0.2) is 0 Å². The van der Waals surface area contributed by atoms with Gasteiger partial charge in [0.25, 0.3) is 0 Å². The number of urea groups is 1. The minimum absolute atomic E-state index is 0.0599. The van der Waals surface area contributed by atoms with Gasteiger partial charge in [-0.05, 0) is 25.7 Å². The molecule has 7 heteroatoms. The van der Waals surface area contributed by atoms with Crippen molar-refractivity contribution in [1.82, 2.24) is 15.1 Å². The number of hydrogen-bond acceptors (Lipinski definition) is 4. The van der Waals surface area contributed by atoms with E-state index in [9.17, 15) is 14.4 Å². The Bertz CT molecular complexity index is 401. The fourth-order valence-corrected chi connectivity index (χ4v) is 2.55. The van der Waals surface area contributed by atoms with Gasteiger partial charge in [-0.25, -0.2) is 4.79 Å². The van der Waals surface area contributed by atoms with Gasteiger partial charge in [0, 0.05) is 45.1 Å². The van der Waals surface area contributed by atoms with Gasteiger partial charge in [-0.15, -0.1) is 0 Å². The van der Waals surface area contributed by atoms with E-state index in [1.165, 1.54) is 12.8 Å². The minimum Gasteiger partial charge on any atom is -0.481 e. The molecule has 0 radical (unpaired) electrons. The number of imide groups is 1. The third kappa shape index (κ3) is 5.34. The van der Waals surface area contributed by atoms with E-state index in [0.717, 1.165) is 13.1 Å². The van der Waals surface area contributed by atoms with Crippen molar-refractivity contribution < 1.29 is 19.5 Å². The first-order chi connectivity index (χ1) is 10.1. The van der Waals surface area contributed by atoms with Crippen LogP contribution in [0.25, 0.3) is 0 Å². The standard InChI is InChI=1S/C14H23N3O4/c18-12(3-1-2-4-13(19)20)15-14(21)17-9-7-16(8-10-17)11-5-6-11/h11H,1-10H2,(H,19,20)(H,15,18,21). The molecule has 0 atom stereocenters. The molecule has 0 aromatic carbocycles. The Balaban J connectivity index is 1.60. The van der Waals surface area contributed by atoms with Gasteiger partial charge in [-0.3, -0.25) is 19.8 Å². The van der Waals surface area contributed by atoms with Crippen LogP contribution in [0.3, 0.4) is 0 Å². The van der Waals surface area contributed by atoms with E-state index in [0.29, 0.717) is 32.0 Å². The lowest BCUT2D eigenvalue weighted by molar-refractivity contribution is -0.137. The van der Waals surface area contributed by atoms with Crippen molar-refractivity contribution in [2.75, 3.05) is 26.2 Å². The molecule has 0 aromatic heterocycles. The molecule has 0 unspecified atom stereocenters. The van der Waals surface area contributed by atoms with E-state index < -0.39 is 5.97 Å². The van der Waals surface area contributed by atoms with Crippen molar-refractivity contribution in [2.45, 2.75) is 44.6 Å². The average molecular weight is 297 g/mol. The molecule has 1 aliphatic carbocycles. The largest absolute Gasteiger partial charge is 0.481 e. The van der Waals surface area contributed by atoms with Gasteiger partial charge in [0.15, 0.2) is 0 Å². The predicted molar refractivity (Wildman–Crippen MR) is 75.8 cm³/mol. The summed E-state index contributed by atoms with van der Waals surface area (Å²) in [4.78, 5) is 37.9. The summed E-state index contributed by atoms with van der Waals surface area (Å²) in [6.45, 7) is 3.08. The Morgan fingerprint density at radius 3 is 2.19 bits per heavy atom. The summed E-state index contributed by atoms with van der Waals surface area (Å²) in [5, 5.41) is 10.9. The summed E-state index contributed by atoms with van der Waals surface area (Å²) in [7, 11) is 0. The molecule has 2 fully saturated rings. The molecule has 2 N–H and O–H groups in total. The second kappa shape index (κ2) is 7.40. The number of nitrogens with zero attached hydrogens (tertiary/aromatic N) is 2. The van der Waals surface area contributed by atoms with Gasteiger partial charge < -0.3 is 10.0 Å². The molecular weight excluding hydrogens is 274 g/mol. The van der Waals surface area contributed by atoms with E-state index in [1.54, 1.807) is 4.90 Å². The van der Waals surface area contributed by atoms with Crippen LogP contribution in [0.1, 0.15) is 38.5 Å². The Kier molecular flexibility index (Phi) is 5.55. The summed E-state index contributed by atoms with van der Waals surface area (Å²) in [6.07, 6.45) is 3.73. The number of carbonyl (C=O) groups is 3. The molecule has 21 heavy (non-hydrogen) atoms. The Morgan fingerprint density at radius 1 is 1.00 bits per heavy atom. The second-order valence-electron chi connectivity index (χ2n) is 5.71. The smallest absolute Gasteiger partial charge is 0.324 e. The maximum absolute atomic E-state index is 11.9. The Labute approximate surface area is 124 Å². The molecule has 7 nitrogen and oxygen atoms in total. The van der Waals surface area contributed by atoms with Gasteiger partial charge in [-0.1, -0.05) is 0 Å². The van der Waals surface area contributed by atoms with Crippen molar-refractivity contribution in [3.8, 4) is 0 Å². The number of carbonyl (C=O) groups excluding carboxylic acids is 2. The molecule has 1 saturated heterocycles. The highest BCUT2D eigenvalue weighted by Gasteiger charge is 2.32. The van der Waals surface area contributed by atoms with E-state index in [4.69, 9.17) is 5.11 Å². The number of piperazine rings is 1. The van der Waals surface area contributed by atoms with Crippen LogP contribution < -0.4 is 5.32 Å². The lowest BCUT2D eigenvalue weighted by atomic mass is 10.2. The SMILES string of the molecule is O=C(O)CCCCC(=O)NC(=O)N1CCN(C2CC2)CC1. The van der Waals surface area contributed by atoms with E-state index in [1.807, 2.05) is 0 Å². The van der Waals surface area contributed by atoms with Crippen molar-refractivity contribution in [1.29, 1.82) is 0 Å². The van der Waals surface area contributed by atoms with Gasteiger partial charge in [0.1, 0.15) is 0 Å². The normalized spacial score (nSPS) is 19.3. The molecule has 3 amide bonds. The maximum atomic E-state index is 11.9. The molecule has 2 rings (SSSR count). The van der Waals surface area contributed by atoms with Gasteiger partial charge in [-0.2, -0.15) is 0 Å². The fraction of sp³-hybridized carbons (Fsp3) is 0.786. The van der Waals surface area contributed by atoms with Gasteiger partial charge in [0.05, 0.1) is 0 Å². The molecule has 2 aliphatic rings. The summed E-state index contributed by atoms with van der Waals surface area (Å²) >= 11 is 0. The molecule has 118 valence electrons. The number of amides is 3. The fourth-order valence-electron chi connectivity index (χ4n) is 2.55. The van der Waals surface area contributed by atoms with Crippen LogP contribution in [0.2, 0.25) is 0 Å². The first kappa shape index (κ1) is 15.8. The number of rotatable bonds is 6. The second-order valence-corrected chi connectivity index (χ2v) is 5.71. The predicted octanol–water partition coefficient (Wildman–Crippen LogP) is 0.648. The Hall–Kier alpha value is -1.63. The summed E-state index contributed by atoms with van der Waals surface area (Å²) in [5.74, 6) is -1.19. The van der Waals surface area contributed by atoms with Crippen LogP contribution >= 0.6 is 0 Å². The number of nitrogens with one attached hydrogen (secondary N) is 1. The third-order valence-electron chi connectivity index (χ3n) is 3.96. The molecule has 0 spiro atoms. The van der Waals surface area contributed by atoms with E-state index in [2.05, 4.69) is 10.2 Å². The maximum Gasteiger partial charge on any atom is 0.324 e. The highest BCUT2D eigenvalue weighted by molar-refractivity contribution is 5.94. The van der Waals surface area contributed by atoms with Gasteiger partial charge in [0.2, 0.25) is 5.91 Å². The van der Waals surface area contributed by atoms with Gasteiger partial charge >= 0.3 is 12.0 Å². The van der Waals surface area contributed by atoms with Crippen molar-refractivity contribution in [3.63, 3.8) is 0 Å². The topological polar surface area (TPSA) is 89.9 Å². The zero-order valence-electron chi connectivity index (χ0n) is 12.2. The zero-order valence-corrected chi connectivity index (χ0v) is 12.2. The van der Waals surface area contributed by atoms with Crippen LogP contribution in [0, 0.1) is 0 Å². The number of carboxylic acid groups (broad SMARTS) is 1. The van der Waals surface area contributed by atoms with Crippen molar-refractivity contribution >= 4 is 17.9 Å². The number of unbranched alkanes of at least 4 members (excludes halogenated alkanes) is 1. The monoisotopic (exact) mass is 297 g/mol. The summed E-state index contributed by atoms with van der Waals surface area (Å²) in [5.41, 5.74) is 0. The first-order valence-electron chi connectivity index (χ1n) is 7.61. The van der Waals surface area contributed by atoms with E-state index in [-0.39, 0.29) is 24.8 Å². The number of hydrogen-bond donors (Lipinski definition) is 2. The lowest BCUT2D eigenvalue weighted by Gasteiger charge is -2.34. The van der Waals surface area contributed by atoms with Crippen LogP contribution in [-0.2, 0) is 9.59 Å². The quantitative estimate of drug-likeness (QED) is 0.703. The summed E-state index contributed by atoms with van der Waals surface area (Å²) < 4.78 is 0. The highest BCUT2D eigenvalue weighted by Crippen LogP contribution is 2.27. The van der Waals surface area contributed by atoms with Crippen LogP contribution in [0.5, 0.6) is 0 Å². The zero-order chi connectivity index (χ0) is 15.2. The van der Waals surface area contributed by atoms with Crippen molar-refractivity contribution in [3.05, 3.63) is 0 Å². The van der Waals surface area contributed by atoms with Crippen LogP contribution in [-0.4, -0.2) is 65.0 Å². The third-order valence-corrected chi connectivity index (χ3v) is 3.96. The molecule has 0 aromatic rings.